The zero-order valence-corrected chi connectivity index (χ0v) is 25.1. The van der Waals surface area contributed by atoms with Gasteiger partial charge < -0.3 is 15.3 Å². The molecule has 0 saturated carbocycles. The van der Waals surface area contributed by atoms with Gasteiger partial charge in [-0.05, 0) is 48.5 Å². The number of aromatic nitrogens is 5. The molecule has 11 nitrogen and oxygen atoms in total. The molecule has 0 aliphatic carbocycles. The third-order valence-electron chi connectivity index (χ3n) is 7.26. The molecule has 3 aromatic carbocycles. The van der Waals surface area contributed by atoms with Gasteiger partial charge in [-0.15, -0.1) is 0 Å². The molecule has 0 amide bonds. The second kappa shape index (κ2) is 11.1. The molecule has 228 valence electrons. The van der Waals surface area contributed by atoms with Gasteiger partial charge in [-0.25, -0.2) is 37.1 Å². The highest BCUT2D eigenvalue weighted by molar-refractivity contribution is 7.92. The zero-order valence-electron chi connectivity index (χ0n) is 22.8. The van der Waals surface area contributed by atoms with E-state index in [1.54, 1.807) is 23.0 Å². The van der Waals surface area contributed by atoms with Crippen LogP contribution >= 0.6 is 23.2 Å². The van der Waals surface area contributed by atoms with Gasteiger partial charge in [-0.2, -0.15) is 0 Å². The molecule has 0 spiro atoms. The van der Waals surface area contributed by atoms with E-state index in [2.05, 4.69) is 30.0 Å². The highest BCUT2D eigenvalue weighted by Gasteiger charge is 2.27. The first kappa shape index (κ1) is 29.1. The highest BCUT2D eigenvalue weighted by Crippen LogP contribution is 2.35. The molecule has 0 bridgehead atoms. The summed E-state index contributed by atoms with van der Waals surface area (Å²) in [6, 6.07) is 14.9. The van der Waals surface area contributed by atoms with E-state index < -0.39 is 33.0 Å². The molecular formula is C29H20Cl2F2N8O3S. The fourth-order valence-corrected chi connectivity index (χ4v) is 6.85. The van der Waals surface area contributed by atoms with Crippen LogP contribution in [-0.4, -0.2) is 57.2 Å². The van der Waals surface area contributed by atoms with Crippen molar-refractivity contribution in [3.8, 4) is 5.82 Å². The van der Waals surface area contributed by atoms with Crippen LogP contribution in [0.2, 0.25) is 10.0 Å². The minimum atomic E-state index is -4.40. The molecule has 0 unspecified atom stereocenters. The molecule has 0 radical (unpaired) electrons. The van der Waals surface area contributed by atoms with Crippen molar-refractivity contribution in [3.05, 3.63) is 95.0 Å². The average molecular weight is 670 g/mol. The van der Waals surface area contributed by atoms with Gasteiger partial charge in [0.25, 0.3) is 10.0 Å². The van der Waals surface area contributed by atoms with Crippen molar-refractivity contribution in [2.24, 2.45) is 0 Å². The summed E-state index contributed by atoms with van der Waals surface area (Å²) in [4.78, 5) is 19.3. The molecular weight excluding hydrogens is 649 g/mol. The first-order chi connectivity index (χ1) is 21.6. The number of fused-ring (bicyclic) bond motifs is 2. The predicted octanol–water partition coefficient (Wildman–Crippen LogP) is 5.67. The second-order valence-corrected chi connectivity index (χ2v) is 12.6. The maximum Gasteiger partial charge on any atom is 0.263 e. The Morgan fingerprint density at radius 3 is 2.53 bits per heavy atom. The Morgan fingerprint density at radius 2 is 1.73 bits per heavy atom. The maximum absolute atomic E-state index is 15.7. The number of halogens is 4. The minimum absolute atomic E-state index is 0.0101. The van der Waals surface area contributed by atoms with Gasteiger partial charge in [0.2, 0.25) is 0 Å². The van der Waals surface area contributed by atoms with Crippen LogP contribution in [0.1, 0.15) is 0 Å². The lowest BCUT2D eigenvalue weighted by atomic mass is 10.1. The van der Waals surface area contributed by atoms with Crippen molar-refractivity contribution in [1.29, 1.82) is 0 Å². The predicted molar refractivity (Wildman–Crippen MR) is 167 cm³/mol. The van der Waals surface area contributed by atoms with Crippen LogP contribution < -0.4 is 14.9 Å². The van der Waals surface area contributed by atoms with Gasteiger partial charge in [0, 0.05) is 13.1 Å². The molecule has 3 aromatic heterocycles. The summed E-state index contributed by atoms with van der Waals surface area (Å²) in [5, 5.41) is 12.1. The number of imidazole rings is 1. The van der Waals surface area contributed by atoms with E-state index in [1.807, 2.05) is 23.1 Å². The number of benzene rings is 3. The Balaban J connectivity index is 1.25. The third kappa shape index (κ3) is 5.15. The molecule has 4 heterocycles. The van der Waals surface area contributed by atoms with Gasteiger partial charge in [0.05, 0.1) is 38.6 Å². The van der Waals surface area contributed by atoms with Crippen LogP contribution in [0.3, 0.4) is 0 Å². The summed E-state index contributed by atoms with van der Waals surface area (Å²) in [7, 11) is -4.40. The largest absolute Gasteiger partial charge is 0.389 e. The van der Waals surface area contributed by atoms with E-state index in [0.717, 1.165) is 28.9 Å². The van der Waals surface area contributed by atoms with Crippen LogP contribution in [0.25, 0.3) is 27.9 Å². The number of para-hydroxylation sites is 1. The van der Waals surface area contributed by atoms with Crippen LogP contribution in [0.15, 0.2) is 78.2 Å². The van der Waals surface area contributed by atoms with Crippen molar-refractivity contribution in [3.63, 3.8) is 0 Å². The van der Waals surface area contributed by atoms with Crippen molar-refractivity contribution in [1.82, 2.24) is 24.5 Å². The Hall–Kier alpha value is -4.63. The third-order valence-corrected chi connectivity index (χ3v) is 9.60. The van der Waals surface area contributed by atoms with Crippen LogP contribution in [0, 0.1) is 11.6 Å². The van der Waals surface area contributed by atoms with E-state index in [-0.39, 0.29) is 32.4 Å². The summed E-state index contributed by atoms with van der Waals surface area (Å²) in [5.74, 6) is -1.84. The summed E-state index contributed by atoms with van der Waals surface area (Å²) in [6.07, 6.45) is 2.43. The lowest BCUT2D eigenvalue weighted by Crippen LogP contribution is -2.50. The smallest absolute Gasteiger partial charge is 0.263 e. The maximum atomic E-state index is 15.7. The molecule has 7 rings (SSSR count). The summed E-state index contributed by atoms with van der Waals surface area (Å²) >= 11 is 12.0. The first-order valence-corrected chi connectivity index (χ1v) is 15.6. The van der Waals surface area contributed by atoms with Crippen LogP contribution in [0.4, 0.5) is 31.7 Å². The number of nitrogens with zero attached hydrogens (tertiary/aromatic N) is 6. The number of anilines is 4. The quantitative estimate of drug-likeness (QED) is 0.196. The topological polar surface area (TPSA) is 138 Å². The number of hydrogen-bond acceptors (Lipinski definition) is 9. The number of rotatable bonds is 7. The van der Waals surface area contributed by atoms with E-state index in [9.17, 15) is 13.5 Å². The fraction of sp³-hybridized carbons (Fsp3) is 0.103. The molecule has 45 heavy (non-hydrogen) atoms. The number of β-amino-alcohol motifs (C(OH)–C–C–N with tert-alkyl or cyclic N) is 1. The second-order valence-electron chi connectivity index (χ2n) is 10.1. The number of aliphatic hydroxyl groups is 1. The van der Waals surface area contributed by atoms with Crippen molar-refractivity contribution >= 4 is 78.2 Å². The molecule has 1 saturated heterocycles. The number of nitrogens with one attached hydrogen (secondary N) is 2. The number of sulfonamides is 1. The number of aliphatic hydroxyl groups excluding tert-OH is 1. The number of hydrogen-bond donors (Lipinski definition) is 3. The lowest BCUT2D eigenvalue weighted by Gasteiger charge is -2.37. The van der Waals surface area contributed by atoms with Crippen molar-refractivity contribution < 1.29 is 22.3 Å². The summed E-state index contributed by atoms with van der Waals surface area (Å²) < 4.78 is 60.6. The van der Waals surface area contributed by atoms with Gasteiger partial charge in [0.1, 0.15) is 45.9 Å². The van der Waals surface area contributed by atoms with E-state index in [0.29, 0.717) is 24.4 Å². The van der Waals surface area contributed by atoms with E-state index in [1.165, 1.54) is 24.5 Å². The minimum Gasteiger partial charge on any atom is -0.389 e. The summed E-state index contributed by atoms with van der Waals surface area (Å²) in [5.41, 5.74) is 1.70. The first-order valence-electron chi connectivity index (χ1n) is 13.3. The lowest BCUT2D eigenvalue weighted by molar-refractivity contribution is 0.142. The van der Waals surface area contributed by atoms with Crippen LogP contribution in [-0.2, 0) is 10.0 Å². The monoisotopic (exact) mass is 668 g/mol. The highest BCUT2D eigenvalue weighted by atomic mass is 35.5. The van der Waals surface area contributed by atoms with Gasteiger partial charge in [-0.1, -0.05) is 35.3 Å². The Morgan fingerprint density at radius 1 is 0.933 bits per heavy atom. The fourth-order valence-electron chi connectivity index (χ4n) is 5.02. The number of pyridine rings is 1. The Bertz CT molecular complexity index is 2250. The SMILES string of the molecule is O=S(=O)(Nc1ccc(F)c(Nc2ncnc3ccc(-n4cnc5c(N6CC(O)C6)cccc54)nc23)c1F)c1cccc(Cl)c1Cl. The molecule has 1 aliphatic heterocycles. The van der Waals surface area contributed by atoms with Gasteiger partial charge in [0.15, 0.2) is 11.6 Å². The van der Waals surface area contributed by atoms with Crippen molar-refractivity contribution in [2.75, 3.05) is 28.0 Å². The molecule has 1 fully saturated rings. The molecule has 3 N–H and O–H groups in total. The zero-order chi connectivity index (χ0) is 31.5. The molecule has 16 heteroatoms. The van der Waals surface area contributed by atoms with Crippen molar-refractivity contribution in [2.45, 2.75) is 11.0 Å². The van der Waals surface area contributed by atoms with E-state index in [4.69, 9.17) is 23.2 Å². The van der Waals surface area contributed by atoms with Gasteiger partial charge >= 0.3 is 0 Å². The summed E-state index contributed by atoms with van der Waals surface area (Å²) in [6.45, 7) is 1.02. The Labute approximate surface area is 264 Å². The normalized spacial score (nSPS) is 13.8. The van der Waals surface area contributed by atoms with Gasteiger partial charge in [-0.3, -0.25) is 9.29 Å². The standard InChI is InChI=1S/C29H20Cl2F2N8O3S/c30-16-3-1-6-22(24(16)31)45(43,44)39-18-8-7-17(32)26(25(18)33)38-29-27-19(34-13-35-29)9-10-23(37-27)41-14-36-28-20(4-2-5-21(28)41)40-11-15(42)12-40/h1-10,13-15,39,42H,11-12H2,(H,34,35,38). The molecule has 6 aromatic rings. The average Bonchev–Trinajstić information content (AvgIpc) is 3.45. The van der Waals surface area contributed by atoms with Crippen LogP contribution in [0.5, 0.6) is 0 Å². The Kier molecular flexibility index (Phi) is 7.16. The molecule has 0 atom stereocenters. The molecule has 1 aliphatic rings. The van der Waals surface area contributed by atoms with E-state index >= 15 is 8.78 Å².